The number of nitrogens with one attached hydrogen (secondary N) is 1. The normalized spacial score (nSPS) is 14.8. The van der Waals surface area contributed by atoms with Crippen LogP contribution in [0, 0.1) is 6.92 Å². The van der Waals surface area contributed by atoms with E-state index >= 15 is 0 Å². The first-order valence-electron chi connectivity index (χ1n) is 9.69. The predicted octanol–water partition coefficient (Wildman–Crippen LogP) is 1.09. The molecule has 9 nitrogen and oxygen atoms in total. The fourth-order valence-corrected chi connectivity index (χ4v) is 3.52. The number of amides is 2. The average molecular weight is 375 g/mol. The number of fused-ring (bicyclic) bond motifs is 1. The van der Waals surface area contributed by atoms with Crippen molar-refractivity contribution in [3.63, 3.8) is 0 Å². The summed E-state index contributed by atoms with van der Waals surface area (Å²) in [6.07, 6.45) is 2.05. The highest BCUT2D eigenvalue weighted by Crippen LogP contribution is 2.19. The topological polar surface area (TPSA) is 88.3 Å². The number of aromatic nitrogens is 4. The van der Waals surface area contributed by atoms with Crippen molar-refractivity contribution in [2.24, 2.45) is 7.05 Å². The largest absolute Gasteiger partial charge is 0.339 e. The molecule has 0 spiro atoms. The van der Waals surface area contributed by atoms with Crippen LogP contribution in [-0.4, -0.2) is 63.0 Å². The SMILES string of the molecule is CCCCNC(=O)N1CCN(c2nc3c(C)nn(C)c3c(=O)n2CC)CC1. The molecule has 27 heavy (non-hydrogen) atoms. The van der Waals surface area contributed by atoms with Crippen LogP contribution >= 0.6 is 0 Å². The van der Waals surface area contributed by atoms with Crippen LogP contribution in [0.15, 0.2) is 4.79 Å². The Morgan fingerprint density at radius 1 is 1.19 bits per heavy atom. The highest BCUT2D eigenvalue weighted by atomic mass is 16.2. The molecule has 0 radical (unpaired) electrons. The van der Waals surface area contributed by atoms with Gasteiger partial charge >= 0.3 is 6.03 Å². The zero-order valence-electron chi connectivity index (χ0n) is 16.7. The van der Waals surface area contributed by atoms with Gasteiger partial charge in [0.05, 0.1) is 5.69 Å². The third-order valence-corrected chi connectivity index (χ3v) is 5.06. The maximum Gasteiger partial charge on any atom is 0.317 e. The number of urea groups is 1. The molecule has 1 saturated heterocycles. The number of hydrogen-bond donors (Lipinski definition) is 1. The molecule has 0 unspecified atom stereocenters. The van der Waals surface area contributed by atoms with E-state index in [0.29, 0.717) is 56.3 Å². The lowest BCUT2D eigenvalue weighted by atomic mass is 10.3. The number of carbonyl (C=O) groups is 1. The molecule has 0 atom stereocenters. The molecule has 2 amide bonds. The average Bonchev–Trinajstić information content (AvgIpc) is 2.95. The van der Waals surface area contributed by atoms with E-state index in [2.05, 4.69) is 22.2 Å². The van der Waals surface area contributed by atoms with Crippen LogP contribution in [0.25, 0.3) is 11.0 Å². The van der Waals surface area contributed by atoms with Gasteiger partial charge < -0.3 is 15.1 Å². The quantitative estimate of drug-likeness (QED) is 0.791. The second-order valence-electron chi connectivity index (χ2n) is 6.93. The molecule has 0 aromatic carbocycles. The maximum absolute atomic E-state index is 12.9. The summed E-state index contributed by atoms with van der Waals surface area (Å²) < 4.78 is 3.30. The first kappa shape index (κ1) is 19.2. The minimum Gasteiger partial charge on any atom is -0.339 e. The van der Waals surface area contributed by atoms with Crippen molar-refractivity contribution in [1.82, 2.24) is 29.5 Å². The second-order valence-corrected chi connectivity index (χ2v) is 6.93. The lowest BCUT2D eigenvalue weighted by molar-refractivity contribution is 0.194. The van der Waals surface area contributed by atoms with Gasteiger partial charge in [-0.3, -0.25) is 14.0 Å². The highest BCUT2D eigenvalue weighted by molar-refractivity contribution is 5.78. The zero-order chi connectivity index (χ0) is 19.6. The van der Waals surface area contributed by atoms with Gasteiger partial charge in [-0.15, -0.1) is 0 Å². The summed E-state index contributed by atoms with van der Waals surface area (Å²) in [6.45, 7) is 9.70. The summed E-state index contributed by atoms with van der Waals surface area (Å²) in [5.74, 6) is 0.664. The Bertz CT molecular complexity index is 878. The molecule has 3 heterocycles. The molecule has 2 aromatic rings. The van der Waals surface area contributed by atoms with E-state index in [9.17, 15) is 9.59 Å². The number of carbonyl (C=O) groups excluding carboxylic acids is 1. The van der Waals surface area contributed by atoms with E-state index in [4.69, 9.17) is 4.98 Å². The standard InChI is InChI=1S/C18H29N7O2/c1-5-7-8-19-18(27)24-11-9-23(10-12-24)17-20-14-13(3)21-22(4)15(14)16(26)25(17)6-2/h5-12H2,1-4H3,(H,19,27). The van der Waals surface area contributed by atoms with E-state index in [1.54, 1.807) is 16.3 Å². The maximum atomic E-state index is 12.9. The molecule has 1 aliphatic rings. The van der Waals surface area contributed by atoms with Crippen LogP contribution in [0.2, 0.25) is 0 Å². The minimum absolute atomic E-state index is 0.0116. The number of anilines is 1. The van der Waals surface area contributed by atoms with Gasteiger partial charge in [0.2, 0.25) is 5.95 Å². The summed E-state index contributed by atoms with van der Waals surface area (Å²) in [4.78, 5) is 33.9. The molecule has 1 fully saturated rings. The smallest absolute Gasteiger partial charge is 0.317 e. The summed E-state index contributed by atoms with van der Waals surface area (Å²) in [5.41, 5.74) is 1.87. The van der Waals surface area contributed by atoms with Crippen LogP contribution in [0.1, 0.15) is 32.4 Å². The number of rotatable bonds is 5. The van der Waals surface area contributed by atoms with E-state index in [1.807, 2.05) is 18.7 Å². The Morgan fingerprint density at radius 3 is 2.52 bits per heavy atom. The van der Waals surface area contributed by atoms with Crippen LogP contribution in [0.5, 0.6) is 0 Å². The molecule has 2 aromatic heterocycles. The third kappa shape index (κ3) is 3.63. The number of aryl methyl sites for hydroxylation is 2. The van der Waals surface area contributed by atoms with Crippen molar-refractivity contribution in [3.05, 3.63) is 16.0 Å². The monoisotopic (exact) mass is 375 g/mol. The van der Waals surface area contributed by atoms with Gasteiger partial charge in [-0.05, 0) is 20.3 Å². The van der Waals surface area contributed by atoms with Crippen molar-refractivity contribution in [3.8, 4) is 0 Å². The Hall–Kier alpha value is -2.58. The minimum atomic E-state index is -0.0691. The molecular weight excluding hydrogens is 346 g/mol. The predicted molar refractivity (Wildman–Crippen MR) is 105 cm³/mol. The third-order valence-electron chi connectivity index (χ3n) is 5.06. The lowest BCUT2D eigenvalue weighted by Gasteiger charge is -2.36. The molecule has 9 heteroatoms. The molecule has 148 valence electrons. The van der Waals surface area contributed by atoms with Crippen molar-refractivity contribution in [1.29, 1.82) is 0 Å². The summed E-state index contributed by atoms with van der Waals surface area (Å²) in [5, 5.41) is 7.31. The van der Waals surface area contributed by atoms with Crippen LogP contribution in [-0.2, 0) is 13.6 Å². The molecule has 0 saturated carbocycles. The van der Waals surface area contributed by atoms with Gasteiger partial charge in [-0.25, -0.2) is 9.78 Å². The van der Waals surface area contributed by atoms with Crippen LogP contribution < -0.4 is 15.8 Å². The van der Waals surface area contributed by atoms with E-state index in [1.165, 1.54) is 0 Å². The van der Waals surface area contributed by atoms with Gasteiger partial charge in [0.15, 0.2) is 5.52 Å². The molecule has 1 N–H and O–H groups in total. The van der Waals surface area contributed by atoms with Crippen molar-refractivity contribution < 1.29 is 4.79 Å². The van der Waals surface area contributed by atoms with Crippen LogP contribution in [0.4, 0.5) is 10.7 Å². The second kappa shape index (κ2) is 7.98. The van der Waals surface area contributed by atoms with Gasteiger partial charge in [0, 0.05) is 46.3 Å². The number of hydrogen-bond acceptors (Lipinski definition) is 5. The molecule has 3 rings (SSSR count). The molecule has 0 bridgehead atoms. The van der Waals surface area contributed by atoms with Crippen molar-refractivity contribution >= 4 is 23.0 Å². The first-order valence-corrected chi connectivity index (χ1v) is 9.69. The van der Waals surface area contributed by atoms with E-state index < -0.39 is 0 Å². The summed E-state index contributed by atoms with van der Waals surface area (Å²) in [7, 11) is 1.77. The fraction of sp³-hybridized carbons (Fsp3) is 0.667. The Kier molecular flexibility index (Phi) is 5.67. The summed E-state index contributed by atoms with van der Waals surface area (Å²) in [6, 6.07) is -0.0116. The van der Waals surface area contributed by atoms with Crippen molar-refractivity contribution in [2.45, 2.75) is 40.2 Å². The molecule has 0 aliphatic carbocycles. The van der Waals surface area contributed by atoms with E-state index in [-0.39, 0.29) is 11.6 Å². The van der Waals surface area contributed by atoms with E-state index in [0.717, 1.165) is 18.5 Å². The lowest BCUT2D eigenvalue weighted by Crippen LogP contribution is -2.53. The Balaban J connectivity index is 1.80. The van der Waals surface area contributed by atoms with Gasteiger partial charge in [0.25, 0.3) is 5.56 Å². The Morgan fingerprint density at radius 2 is 1.89 bits per heavy atom. The first-order chi connectivity index (χ1) is 13.0. The van der Waals surface area contributed by atoms with Gasteiger partial charge in [0.1, 0.15) is 5.52 Å². The van der Waals surface area contributed by atoms with Gasteiger partial charge in [-0.2, -0.15) is 5.10 Å². The molecular formula is C18H29N7O2. The summed E-state index contributed by atoms with van der Waals surface area (Å²) >= 11 is 0. The number of piperazine rings is 1. The highest BCUT2D eigenvalue weighted by Gasteiger charge is 2.25. The Labute approximate surface area is 159 Å². The number of unbranched alkanes of at least 4 members (excludes halogenated alkanes) is 1. The van der Waals surface area contributed by atoms with Crippen molar-refractivity contribution in [2.75, 3.05) is 37.6 Å². The van der Waals surface area contributed by atoms with Crippen LogP contribution in [0.3, 0.4) is 0 Å². The zero-order valence-corrected chi connectivity index (χ0v) is 16.7. The molecule has 1 aliphatic heterocycles. The fourth-order valence-electron chi connectivity index (χ4n) is 3.52. The van der Waals surface area contributed by atoms with Gasteiger partial charge in [-0.1, -0.05) is 13.3 Å². The number of nitrogens with zero attached hydrogens (tertiary/aromatic N) is 6.